The average molecular weight is 170 g/mol. The molecule has 0 aromatic carbocycles. The van der Waals surface area contributed by atoms with E-state index in [0.29, 0.717) is 0 Å². The van der Waals surface area contributed by atoms with Crippen LogP contribution in [0.3, 0.4) is 0 Å². The number of hydrogen-bond acceptors (Lipinski definition) is 2. The topological polar surface area (TPSA) is 38.4 Å². The summed E-state index contributed by atoms with van der Waals surface area (Å²) in [5.41, 5.74) is 7.15. The Morgan fingerprint density at radius 2 is 1.92 bits per heavy atom. The highest BCUT2D eigenvalue weighted by molar-refractivity contribution is 5.89. The van der Waals surface area contributed by atoms with E-state index in [1.165, 1.54) is 5.71 Å². The fourth-order valence-electron chi connectivity index (χ4n) is 1.19. The third kappa shape index (κ3) is 4.50. The Labute approximate surface area is 76.3 Å². The minimum absolute atomic E-state index is 0.198. The molecular weight excluding hydrogens is 148 g/mol. The molecule has 0 amide bonds. The first-order valence-corrected chi connectivity index (χ1v) is 4.59. The maximum atomic E-state index is 5.68. The third-order valence-corrected chi connectivity index (χ3v) is 1.97. The second-order valence-electron chi connectivity index (χ2n) is 4.44. The molecule has 0 fully saturated rings. The van der Waals surface area contributed by atoms with E-state index in [4.69, 9.17) is 5.73 Å². The van der Waals surface area contributed by atoms with Gasteiger partial charge in [0.05, 0.1) is 0 Å². The lowest BCUT2D eigenvalue weighted by Gasteiger charge is -2.21. The number of rotatable bonds is 3. The van der Waals surface area contributed by atoms with Crippen molar-refractivity contribution in [1.82, 2.24) is 0 Å². The van der Waals surface area contributed by atoms with Gasteiger partial charge in [0.15, 0.2) is 0 Å². The smallest absolute Gasteiger partial charge is 0.0276 e. The number of hydrogen-bond donors (Lipinski definition) is 1. The minimum Gasteiger partial charge on any atom is -0.328 e. The SMILES string of the molecule is C/N=C(/CCC(C)N)C(C)(C)C. The van der Waals surface area contributed by atoms with Crippen molar-refractivity contribution in [2.24, 2.45) is 16.1 Å². The Morgan fingerprint density at radius 1 is 1.42 bits per heavy atom. The zero-order chi connectivity index (χ0) is 9.78. The van der Waals surface area contributed by atoms with Crippen LogP contribution in [0.4, 0.5) is 0 Å². The number of nitrogens with zero attached hydrogens (tertiary/aromatic N) is 1. The van der Waals surface area contributed by atoms with Gasteiger partial charge in [-0.1, -0.05) is 20.8 Å². The summed E-state index contributed by atoms with van der Waals surface area (Å²) in [5.74, 6) is 0. The highest BCUT2D eigenvalue weighted by Gasteiger charge is 2.17. The maximum Gasteiger partial charge on any atom is 0.0276 e. The molecule has 0 saturated carbocycles. The van der Waals surface area contributed by atoms with E-state index in [0.717, 1.165) is 12.8 Å². The zero-order valence-electron chi connectivity index (χ0n) is 9.02. The molecule has 1 atom stereocenters. The monoisotopic (exact) mass is 170 g/mol. The van der Waals surface area contributed by atoms with Gasteiger partial charge in [-0.25, -0.2) is 0 Å². The van der Waals surface area contributed by atoms with Gasteiger partial charge in [0.1, 0.15) is 0 Å². The summed E-state index contributed by atoms with van der Waals surface area (Å²) in [4.78, 5) is 4.29. The van der Waals surface area contributed by atoms with Gasteiger partial charge >= 0.3 is 0 Å². The van der Waals surface area contributed by atoms with Gasteiger partial charge in [-0.2, -0.15) is 0 Å². The molecule has 0 aliphatic carbocycles. The normalized spacial score (nSPS) is 16.3. The fraction of sp³-hybridized carbons (Fsp3) is 0.900. The van der Waals surface area contributed by atoms with Crippen LogP contribution in [0.15, 0.2) is 4.99 Å². The Hall–Kier alpha value is -0.370. The average Bonchev–Trinajstić information content (AvgIpc) is 1.85. The molecule has 0 spiro atoms. The molecule has 72 valence electrons. The van der Waals surface area contributed by atoms with E-state index >= 15 is 0 Å². The first-order valence-electron chi connectivity index (χ1n) is 4.59. The van der Waals surface area contributed by atoms with Crippen LogP contribution >= 0.6 is 0 Å². The molecule has 0 heterocycles. The van der Waals surface area contributed by atoms with Crippen molar-refractivity contribution >= 4 is 5.71 Å². The van der Waals surface area contributed by atoms with Gasteiger partial charge < -0.3 is 5.73 Å². The second-order valence-corrected chi connectivity index (χ2v) is 4.44. The van der Waals surface area contributed by atoms with Gasteiger partial charge in [-0.15, -0.1) is 0 Å². The predicted molar refractivity (Wildman–Crippen MR) is 55.7 cm³/mol. The van der Waals surface area contributed by atoms with Crippen molar-refractivity contribution in [3.05, 3.63) is 0 Å². The van der Waals surface area contributed by atoms with Crippen molar-refractivity contribution in [2.45, 2.75) is 46.6 Å². The molecule has 0 aliphatic heterocycles. The first kappa shape index (κ1) is 11.6. The van der Waals surface area contributed by atoms with Gasteiger partial charge in [0.2, 0.25) is 0 Å². The van der Waals surface area contributed by atoms with Crippen LogP contribution in [-0.4, -0.2) is 18.8 Å². The van der Waals surface area contributed by atoms with Gasteiger partial charge in [0, 0.05) is 18.8 Å². The summed E-state index contributed by atoms with van der Waals surface area (Å²) >= 11 is 0. The molecule has 0 aromatic rings. The maximum absolute atomic E-state index is 5.68. The van der Waals surface area contributed by atoms with E-state index < -0.39 is 0 Å². The molecule has 2 N–H and O–H groups in total. The predicted octanol–water partition coefficient (Wildman–Crippen LogP) is 2.23. The molecule has 0 radical (unpaired) electrons. The minimum atomic E-state index is 0.198. The first-order chi connectivity index (χ1) is 5.38. The van der Waals surface area contributed by atoms with E-state index in [9.17, 15) is 0 Å². The summed E-state index contributed by atoms with van der Waals surface area (Å²) in [6.45, 7) is 8.61. The van der Waals surface area contributed by atoms with E-state index in [1.54, 1.807) is 0 Å². The lowest BCUT2D eigenvalue weighted by atomic mass is 9.86. The lowest BCUT2D eigenvalue weighted by Crippen LogP contribution is -2.23. The zero-order valence-corrected chi connectivity index (χ0v) is 9.02. The van der Waals surface area contributed by atoms with E-state index in [2.05, 4.69) is 25.8 Å². The largest absolute Gasteiger partial charge is 0.328 e. The van der Waals surface area contributed by atoms with Crippen LogP contribution in [0.25, 0.3) is 0 Å². The summed E-state index contributed by atoms with van der Waals surface area (Å²) in [5, 5.41) is 0. The summed E-state index contributed by atoms with van der Waals surface area (Å²) in [6, 6.07) is 0.282. The van der Waals surface area contributed by atoms with Crippen LogP contribution in [0.5, 0.6) is 0 Å². The van der Waals surface area contributed by atoms with Crippen LogP contribution in [0.2, 0.25) is 0 Å². The summed E-state index contributed by atoms with van der Waals surface area (Å²) < 4.78 is 0. The molecule has 2 nitrogen and oxygen atoms in total. The van der Waals surface area contributed by atoms with Gasteiger partial charge in [-0.3, -0.25) is 4.99 Å². The molecule has 2 heteroatoms. The van der Waals surface area contributed by atoms with Crippen molar-refractivity contribution in [3.63, 3.8) is 0 Å². The van der Waals surface area contributed by atoms with Crippen LogP contribution in [-0.2, 0) is 0 Å². The second kappa shape index (κ2) is 4.61. The molecule has 0 aromatic heterocycles. The van der Waals surface area contributed by atoms with Crippen molar-refractivity contribution in [1.29, 1.82) is 0 Å². The Bertz CT molecular complexity index is 152. The fourth-order valence-corrected chi connectivity index (χ4v) is 1.19. The van der Waals surface area contributed by atoms with Crippen LogP contribution in [0, 0.1) is 5.41 Å². The summed E-state index contributed by atoms with van der Waals surface area (Å²) in [6.07, 6.45) is 2.06. The highest BCUT2D eigenvalue weighted by atomic mass is 14.7. The van der Waals surface area contributed by atoms with Crippen LogP contribution < -0.4 is 5.73 Å². The van der Waals surface area contributed by atoms with Crippen molar-refractivity contribution in [3.8, 4) is 0 Å². The van der Waals surface area contributed by atoms with E-state index in [-0.39, 0.29) is 11.5 Å². The standard InChI is InChI=1S/C10H22N2/c1-8(11)6-7-9(12-5)10(2,3)4/h8H,6-7,11H2,1-5H3/b12-9-. The number of nitrogens with two attached hydrogens (primary N) is 1. The molecule has 1 unspecified atom stereocenters. The molecule has 0 saturated heterocycles. The molecule has 12 heavy (non-hydrogen) atoms. The van der Waals surface area contributed by atoms with Crippen molar-refractivity contribution < 1.29 is 0 Å². The van der Waals surface area contributed by atoms with E-state index in [1.807, 2.05) is 14.0 Å². The van der Waals surface area contributed by atoms with Crippen molar-refractivity contribution in [2.75, 3.05) is 7.05 Å². The van der Waals surface area contributed by atoms with Crippen LogP contribution in [0.1, 0.15) is 40.5 Å². The quantitative estimate of drug-likeness (QED) is 0.648. The lowest BCUT2D eigenvalue weighted by molar-refractivity contribution is 0.561. The molecule has 0 rings (SSSR count). The Morgan fingerprint density at radius 3 is 2.17 bits per heavy atom. The van der Waals surface area contributed by atoms with Gasteiger partial charge in [0.25, 0.3) is 0 Å². The highest BCUT2D eigenvalue weighted by Crippen LogP contribution is 2.19. The molecule has 0 bridgehead atoms. The Kier molecular flexibility index (Phi) is 4.46. The van der Waals surface area contributed by atoms with Gasteiger partial charge in [-0.05, 0) is 25.2 Å². The number of aliphatic imine (C=N–C) groups is 1. The Balaban J connectivity index is 4.04. The molecule has 0 aliphatic rings. The molecular formula is C10H22N2. The summed E-state index contributed by atoms with van der Waals surface area (Å²) in [7, 11) is 1.86. The third-order valence-electron chi connectivity index (χ3n) is 1.97.